The number of esters is 2. The van der Waals surface area contributed by atoms with Gasteiger partial charge in [-0.2, -0.15) is 0 Å². The van der Waals surface area contributed by atoms with Gasteiger partial charge in [-0.3, -0.25) is 9.59 Å². The summed E-state index contributed by atoms with van der Waals surface area (Å²) in [4.78, 5) is 22.8. The largest absolute Gasteiger partial charge is 0.469 e. The van der Waals surface area contributed by atoms with Crippen LogP contribution in [-0.4, -0.2) is 39.4 Å². The van der Waals surface area contributed by atoms with Crippen LogP contribution in [0.4, 0.5) is 0 Å². The van der Waals surface area contributed by atoms with Crippen molar-refractivity contribution in [3.8, 4) is 0 Å². The van der Waals surface area contributed by atoms with Crippen LogP contribution in [0.15, 0.2) is 0 Å². The zero-order valence-corrected chi connectivity index (χ0v) is 9.73. The van der Waals surface area contributed by atoms with Crippen LogP contribution < -0.4 is 0 Å². The number of carbonyl (C=O) groups is 2. The van der Waals surface area contributed by atoms with E-state index in [0.717, 1.165) is 12.8 Å². The zero-order valence-electron chi connectivity index (χ0n) is 9.73. The number of hydrogen-bond donors (Lipinski definition) is 0. The predicted molar refractivity (Wildman–Crippen MR) is 55.7 cm³/mol. The van der Waals surface area contributed by atoms with Crippen LogP contribution in [-0.2, 0) is 23.8 Å². The first-order valence-electron chi connectivity index (χ1n) is 5.41. The van der Waals surface area contributed by atoms with Crippen molar-refractivity contribution in [2.24, 2.45) is 11.8 Å². The highest BCUT2D eigenvalue weighted by Crippen LogP contribution is 2.27. The van der Waals surface area contributed by atoms with Gasteiger partial charge >= 0.3 is 11.9 Å². The Morgan fingerprint density at radius 2 is 1.88 bits per heavy atom. The SMILES string of the molecule is COC(=O)C[C@@H](C(=O)OC)C1CCOCC1. The molecule has 1 aliphatic heterocycles. The molecule has 0 aromatic rings. The lowest BCUT2D eigenvalue weighted by Crippen LogP contribution is -2.32. The van der Waals surface area contributed by atoms with Crippen LogP contribution in [0.3, 0.4) is 0 Å². The van der Waals surface area contributed by atoms with Crippen molar-refractivity contribution >= 4 is 11.9 Å². The summed E-state index contributed by atoms with van der Waals surface area (Å²) in [5, 5.41) is 0. The second-order valence-electron chi connectivity index (χ2n) is 3.86. The molecule has 16 heavy (non-hydrogen) atoms. The van der Waals surface area contributed by atoms with E-state index >= 15 is 0 Å². The fourth-order valence-corrected chi connectivity index (χ4v) is 1.97. The molecule has 92 valence electrons. The molecule has 5 heteroatoms. The lowest BCUT2D eigenvalue weighted by atomic mass is 9.84. The van der Waals surface area contributed by atoms with E-state index in [1.54, 1.807) is 0 Å². The van der Waals surface area contributed by atoms with Gasteiger partial charge in [0.15, 0.2) is 0 Å². The molecule has 1 atom stereocenters. The smallest absolute Gasteiger partial charge is 0.309 e. The minimum Gasteiger partial charge on any atom is -0.469 e. The summed E-state index contributed by atoms with van der Waals surface area (Å²) in [6, 6.07) is 0. The monoisotopic (exact) mass is 230 g/mol. The molecule has 0 aromatic carbocycles. The Labute approximate surface area is 95.0 Å². The van der Waals surface area contributed by atoms with Crippen LogP contribution in [0.2, 0.25) is 0 Å². The Morgan fingerprint density at radius 1 is 1.25 bits per heavy atom. The second kappa shape index (κ2) is 6.48. The van der Waals surface area contributed by atoms with Gasteiger partial charge in [-0.25, -0.2) is 0 Å². The van der Waals surface area contributed by atoms with Crippen LogP contribution in [0.25, 0.3) is 0 Å². The average molecular weight is 230 g/mol. The molecule has 0 amide bonds. The van der Waals surface area contributed by atoms with Crippen molar-refractivity contribution in [1.29, 1.82) is 0 Å². The molecule has 0 aromatic heterocycles. The lowest BCUT2D eigenvalue weighted by molar-refractivity contribution is -0.155. The summed E-state index contributed by atoms with van der Waals surface area (Å²) >= 11 is 0. The van der Waals surface area contributed by atoms with Gasteiger partial charge in [0.25, 0.3) is 0 Å². The maximum atomic E-state index is 11.6. The standard InChI is InChI=1S/C11H18O5/c1-14-10(12)7-9(11(13)15-2)8-3-5-16-6-4-8/h8-9H,3-7H2,1-2H3/t9-/m1/s1. The molecule has 0 unspecified atom stereocenters. The summed E-state index contributed by atoms with van der Waals surface area (Å²) in [7, 11) is 2.66. The number of rotatable bonds is 4. The number of methoxy groups -OCH3 is 2. The van der Waals surface area contributed by atoms with Gasteiger partial charge in [-0.05, 0) is 18.8 Å². The molecule has 1 aliphatic rings. The first-order chi connectivity index (χ1) is 7.69. The van der Waals surface area contributed by atoms with E-state index < -0.39 is 5.92 Å². The van der Waals surface area contributed by atoms with Gasteiger partial charge in [0, 0.05) is 13.2 Å². The maximum Gasteiger partial charge on any atom is 0.309 e. The summed E-state index contributed by atoms with van der Waals surface area (Å²) in [5.41, 5.74) is 0. The second-order valence-corrected chi connectivity index (χ2v) is 3.86. The summed E-state index contributed by atoms with van der Waals surface area (Å²) in [6.45, 7) is 1.28. The summed E-state index contributed by atoms with van der Waals surface area (Å²) in [5.74, 6) is -0.958. The van der Waals surface area contributed by atoms with E-state index in [1.807, 2.05) is 0 Å². The molecule has 0 spiro atoms. The van der Waals surface area contributed by atoms with Gasteiger partial charge in [-0.15, -0.1) is 0 Å². The van der Waals surface area contributed by atoms with Crippen molar-refractivity contribution in [2.75, 3.05) is 27.4 Å². The van der Waals surface area contributed by atoms with Crippen LogP contribution in [0.1, 0.15) is 19.3 Å². The van der Waals surface area contributed by atoms with Crippen molar-refractivity contribution in [1.82, 2.24) is 0 Å². The van der Waals surface area contributed by atoms with Gasteiger partial charge in [-0.1, -0.05) is 0 Å². The molecule has 0 saturated carbocycles. The number of ether oxygens (including phenoxy) is 3. The molecule has 1 rings (SSSR count). The predicted octanol–water partition coefficient (Wildman–Crippen LogP) is 0.765. The molecule has 0 radical (unpaired) electrons. The third kappa shape index (κ3) is 3.48. The third-order valence-corrected chi connectivity index (χ3v) is 2.95. The van der Waals surface area contributed by atoms with Crippen molar-refractivity contribution in [3.05, 3.63) is 0 Å². The van der Waals surface area contributed by atoms with Crippen LogP contribution >= 0.6 is 0 Å². The highest BCUT2D eigenvalue weighted by Gasteiger charge is 2.32. The highest BCUT2D eigenvalue weighted by molar-refractivity contribution is 5.80. The molecule has 0 N–H and O–H groups in total. The molecular weight excluding hydrogens is 212 g/mol. The first kappa shape index (κ1) is 13.0. The van der Waals surface area contributed by atoms with E-state index in [2.05, 4.69) is 4.74 Å². The van der Waals surface area contributed by atoms with Gasteiger partial charge < -0.3 is 14.2 Å². The Morgan fingerprint density at radius 3 is 2.38 bits per heavy atom. The van der Waals surface area contributed by atoms with Gasteiger partial charge in [0.05, 0.1) is 26.6 Å². The normalized spacial score (nSPS) is 18.9. The summed E-state index contributed by atoms with van der Waals surface area (Å²) in [6.07, 6.45) is 1.67. The molecule has 0 bridgehead atoms. The molecule has 1 saturated heterocycles. The summed E-state index contributed by atoms with van der Waals surface area (Å²) < 4.78 is 14.5. The Hall–Kier alpha value is -1.10. The van der Waals surface area contributed by atoms with Crippen molar-refractivity contribution in [3.63, 3.8) is 0 Å². The molecule has 1 fully saturated rings. The fourth-order valence-electron chi connectivity index (χ4n) is 1.97. The Bertz CT molecular complexity index is 245. The topological polar surface area (TPSA) is 61.8 Å². The quantitative estimate of drug-likeness (QED) is 0.667. The van der Waals surface area contributed by atoms with E-state index in [-0.39, 0.29) is 24.3 Å². The van der Waals surface area contributed by atoms with E-state index in [0.29, 0.717) is 13.2 Å². The number of carbonyl (C=O) groups excluding carboxylic acids is 2. The molecule has 0 aliphatic carbocycles. The van der Waals surface area contributed by atoms with Gasteiger partial charge in [0.1, 0.15) is 0 Å². The van der Waals surface area contributed by atoms with Gasteiger partial charge in [0.2, 0.25) is 0 Å². The molecular formula is C11H18O5. The molecule has 5 nitrogen and oxygen atoms in total. The fraction of sp³-hybridized carbons (Fsp3) is 0.818. The van der Waals surface area contributed by atoms with Crippen LogP contribution in [0, 0.1) is 11.8 Å². The maximum absolute atomic E-state index is 11.6. The Balaban J connectivity index is 2.61. The minimum atomic E-state index is -0.402. The van der Waals surface area contributed by atoms with Crippen molar-refractivity contribution < 1.29 is 23.8 Å². The minimum absolute atomic E-state index is 0.0911. The average Bonchev–Trinajstić information content (AvgIpc) is 2.35. The molecule has 1 heterocycles. The van der Waals surface area contributed by atoms with E-state index in [4.69, 9.17) is 9.47 Å². The third-order valence-electron chi connectivity index (χ3n) is 2.95. The zero-order chi connectivity index (χ0) is 12.0. The Kier molecular flexibility index (Phi) is 5.25. The lowest BCUT2D eigenvalue weighted by Gasteiger charge is -2.27. The highest BCUT2D eigenvalue weighted by atomic mass is 16.5. The van der Waals surface area contributed by atoms with E-state index in [1.165, 1.54) is 14.2 Å². The van der Waals surface area contributed by atoms with E-state index in [9.17, 15) is 9.59 Å². The van der Waals surface area contributed by atoms with Crippen molar-refractivity contribution in [2.45, 2.75) is 19.3 Å². The first-order valence-corrected chi connectivity index (χ1v) is 5.41. The number of hydrogen-bond acceptors (Lipinski definition) is 5. The van der Waals surface area contributed by atoms with Crippen LogP contribution in [0.5, 0.6) is 0 Å².